The Labute approximate surface area is 170 Å². The van der Waals surface area contributed by atoms with Gasteiger partial charge in [0.15, 0.2) is 0 Å². The molecular weight excluding hydrogens is 364 g/mol. The van der Waals surface area contributed by atoms with E-state index in [-0.39, 0.29) is 11.1 Å². The molecule has 3 heterocycles. The molecule has 0 aliphatic carbocycles. The van der Waals surface area contributed by atoms with Crippen molar-refractivity contribution in [3.63, 3.8) is 0 Å². The predicted molar refractivity (Wildman–Crippen MR) is 114 cm³/mol. The SMILES string of the molecule is Cc1ccc([C@@H](O)CN2c3nc(-c4ccncc4)cc(=O)n3CCC2(C)C)cc1. The number of aliphatic hydroxyl groups is 1. The fraction of sp³-hybridized carbons (Fsp3) is 0.348. The van der Waals surface area contributed by atoms with Crippen molar-refractivity contribution in [3.05, 3.63) is 76.3 Å². The highest BCUT2D eigenvalue weighted by Gasteiger charge is 2.36. The molecule has 0 bridgehead atoms. The van der Waals surface area contributed by atoms with Gasteiger partial charge in [0, 0.05) is 36.1 Å². The molecule has 4 rings (SSSR count). The van der Waals surface area contributed by atoms with Crippen molar-refractivity contribution in [3.8, 4) is 11.3 Å². The van der Waals surface area contributed by atoms with E-state index in [2.05, 4.69) is 23.7 Å². The Balaban J connectivity index is 1.75. The average Bonchev–Trinajstić information content (AvgIpc) is 2.71. The molecule has 2 aromatic heterocycles. The van der Waals surface area contributed by atoms with Crippen molar-refractivity contribution in [1.82, 2.24) is 14.5 Å². The maximum Gasteiger partial charge on any atom is 0.255 e. The molecule has 1 aromatic carbocycles. The molecule has 6 nitrogen and oxygen atoms in total. The van der Waals surface area contributed by atoms with Crippen LogP contribution in [0.3, 0.4) is 0 Å². The summed E-state index contributed by atoms with van der Waals surface area (Å²) in [7, 11) is 0. The molecule has 0 unspecified atom stereocenters. The van der Waals surface area contributed by atoms with Gasteiger partial charge in [-0.25, -0.2) is 4.98 Å². The molecule has 1 atom stereocenters. The highest BCUT2D eigenvalue weighted by Crippen LogP contribution is 2.33. The second-order valence-corrected chi connectivity index (χ2v) is 8.27. The lowest BCUT2D eigenvalue weighted by Gasteiger charge is -2.45. The third-order valence-electron chi connectivity index (χ3n) is 5.70. The van der Waals surface area contributed by atoms with Gasteiger partial charge in [-0.1, -0.05) is 29.8 Å². The first-order valence-electron chi connectivity index (χ1n) is 9.90. The molecule has 6 heteroatoms. The molecule has 0 spiro atoms. The van der Waals surface area contributed by atoms with Gasteiger partial charge >= 0.3 is 0 Å². The molecule has 0 radical (unpaired) electrons. The number of rotatable bonds is 4. The van der Waals surface area contributed by atoms with E-state index in [1.54, 1.807) is 23.0 Å². The van der Waals surface area contributed by atoms with Crippen LogP contribution in [0.15, 0.2) is 59.7 Å². The Hall–Kier alpha value is -2.99. The summed E-state index contributed by atoms with van der Waals surface area (Å²) in [5.41, 5.74) is 3.17. The van der Waals surface area contributed by atoms with Crippen molar-refractivity contribution >= 4 is 5.95 Å². The van der Waals surface area contributed by atoms with E-state index in [1.807, 2.05) is 43.3 Å². The van der Waals surface area contributed by atoms with Gasteiger partial charge in [-0.05, 0) is 44.9 Å². The van der Waals surface area contributed by atoms with Gasteiger partial charge < -0.3 is 10.0 Å². The number of aryl methyl sites for hydroxylation is 1. The molecule has 0 amide bonds. The summed E-state index contributed by atoms with van der Waals surface area (Å²) in [4.78, 5) is 23.8. The lowest BCUT2D eigenvalue weighted by atomic mass is 9.94. The van der Waals surface area contributed by atoms with E-state index >= 15 is 0 Å². The molecule has 0 saturated carbocycles. The third kappa shape index (κ3) is 3.80. The first-order valence-corrected chi connectivity index (χ1v) is 9.90. The molecule has 1 aliphatic heterocycles. The van der Waals surface area contributed by atoms with Gasteiger partial charge in [-0.15, -0.1) is 0 Å². The zero-order valence-corrected chi connectivity index (χ0v) is 17.0. The quantitative estimate of drug-likeness (QED) is 0.740. The Bertz CT molecular complexity index is 1060. The highest BCUT2D eigenvalue weighted by atomic mass is 16.3. The van der Waals surface area contributed by atoms with E-state index in [0.717, 1.165) is 23.1 Å². The number of pyridine rings is 1. The number of anilines is 1. The van der Waals surface area contributed by atoms with Crippen molar-refractivity contribution < 1.29 is 5.11 Å². The molecule has 150 valence electrons. The number of aromatic nitrogens is 3. The second-order valence-electron chi connectivity index (χ2n) is 8.27. The van der Waals surface area contributed by atoms with Crippen LogP contribution in [0.2, 0.25) is 0 Å². The maximum absolute atomic E-state index is 12.8. The van der Waals surface area contributed by atoms with Crippen LogP contribution in [-0.2, 0) is 6.54 Å². The number of nitrogens with zero attached hydrogens (tertiary/aromatic N) is 4. The van der Waals surface area contributed by atoms with Crippen molar-refractivity contribution in [1.29, 1.82) is 0 Å². The molecule has 1 aliphatic rings. The van der Waals surface area contributed by atoms with Gasteiger partial charge in [0.2, 0.25) is 5.95 Å². The second kappa shape index (κ2) is 7.44. The van der Waals surface area contributed by atoms with Crippen LogP contribution >= 0.6 is 0 Å². The standard InChI is InChI=1S/C23H26N4O2/c1-16-4-6-18(7-5-16)20(28)15-27-22-25-19(17-8-11-24-12-9-17)14-21(29)26(22)13-10-23(27,2)3/h4-9,11-12,14,20,28H,10,13,15H2,1-3H3/t20-/m0/s1. The van der Waals surface area contributed by atoms with E-state index in [1.165, 1.54) is 0 Å². The molecule has 1 N–H and O–H groups in total. The normalized spacial score (nSPS) is 16.3. The minimum atomic E-state index is -0.678. The summed E-state index contributed by atoms with van der Waals surface area (Å²) in [5, 5.41) is 10.9. The van der Waals surface area contributed by atoms with Crippen LogP contribution in [0.1, 0.15) is 37.5 Å². The van der Waals surface area contributed by atoms with Gasteiger partial charge in [0.25, 0.3) is 5.56 Å². The van der Waals surface area contributed by atoms with Crippen molar-refractivity contribution in [2.75, 3.05) is 11.4 Å². The minimum Gasteiger partial charge on any atom is -0.387 e. The molecule has 0 fully saturated rings. The summed E-state index contributed by atoms with van der Waals surface area (Å²) < 4.78 is 1.71. The third-order valence-corrected chi connectivity index (χ3v) is 5.70. The zero-order valence-electron chi connectivity index (χ0n) is 17.0. The summed E-state index contributed by atoms with van der Waals surface area (Å²) in [6.45, 7) is 7.26. The maximum atomic E-state index is 12.8. The van der Waals surface area contributed by atoms with Crippen molar-refractivity contribution in [2.45, 2.75) is 45.4 Å². The first-order chi connectivity index (χ1) is 13.8. The lowest BCUT2D eigenvalue weighted by molar-refractivity contribution is 0.169. The molecule has 0 saturated heterocycles. The van der Waals surface area contributed by atoms with Gasteiger partial charge in [0.1, 0.15) is 0 Å². The number of hydrogen-bond donors (Lipinski definition) is 1. The summed E-state index contributed by atoms with van der Waals surface area (Å²) in [6, 6.07) is 13.2. The number of fused-ring (bicyclic) bond motifs is 1. The number of benzene rings is 1. The van der Waals surface area contributed by atoms with E-state index in [9.17, 15) is 9.90 Å². The van der Waals surface area contributed by atoms with E-state index in [0.29, 0.717) is 24.7 Å². The van der Waals surface area contributed by atoms with Crippen LogP contribution in [0.25, 0.3) is 11.3 Å². The summed E-state index contributed by atoms with van der Waals surface area (Å²) in [6.07, 6.45) is 3.51. The van der Waals surface area contributed by atoms with Gasteiger partial charge in [0.05, 0.1) is 18.3 Å². The van der Waals surface area contributed by atoms with Crippen LogP contribution in [0.4, 0.5) is 5.95 Å². The smallest absolute Gasteiger partial charge is 0.255 e. The molecular formula is C23H26N4O2. The monoisotopic (exact) mass is 390 g/mol. The van der Waals surface area contributed by atoms with Gasteiger partial charge in [-0.2, -0.15) is 0 Å². The fourth-order valence-corrected chi connectivity index (χ4v) is 3.77. The molecule has 3 aromatic rings. The van der Waals surface area contributed by atoms with E-state index < -0.39 is 6.10 Å². The summed E-state index contributed by atoms with van der Waals surface area (Å²) >= 11 is 0. The topological polar surface area (TPSA) is 71.2 Å². The fourth-order valence-electron chi connectivity index (χ4n) is 3.77. The number of aliphatic hydroxyl groups excluding tert-OH is 1. The predicted octanol–water partition coefficient (Wildman–Crippen LogP) is 3.34. The summed E-state index contributed by atoms with van der Waals surface area (Å²) in [5.74, 6) is 0.603. The van der Waals surface area contributed by atoms with Crippen LogP contribution in [-0.4, -0.2) is 31.7 Å². The Morgan fingerprint density at radius 2 is 1.83 bits per heavy atom. The Morgan fingerprint density at radius 1 is 1.14 bits per heavy atom. The lowest BCUT2D eigenvalue weighted by Crippen LogP contribution is -2.53. The highest BCUT2D eigenvalue weighted by molar-refractivity contribution is 5.60. The largest absolute Gasteiger partial charge is 0.387 e. The van der Waals surface area contributed by atoms with Crippen molar-refractivity contribution in [2.24, 2.45) is 0 Å². The zero-order chi connectivity index (χ0) is 20.6. The average molecular weight is 390 g/mol. The Kier molecular flexibility index (Phi) is 4.96. The van der Waals surface area contributed by atoms with Crippen LogP contribution in [0, 0.1) is 6.92 Å². The Morgan fingerprint density at radius 3 is 2.52 bits per heavy atom. The number of hydrogen-bond acceptors (Lipinski definition) is 5. The minimum absolute atomic E-state index is 0.0767. The first kappa shape index (κ1) is 19.3. The number of β-amino-alcohol motifs (C(OH)–C–C–N with tert-alkyl or cyclic N) is 1. The van der Waals surface area contributed by atoms with Crippen LogP contribution in [0.5, 0.6) is 0 Å². The van der Waals surface area contributed by atoms with Crippen LogP contribution < -0.4 is 10.5 Å². The van der Waals surface area contributed by atoms with Gasteiger partial charge in [-0.3, -0.25) is 14.3 Å². The van der Waals surface area contributed by atoms with E-state index in [4.69, 9.17) is 4.98 Å². The molecule has 29 heavy (non-hydrogen) atoms.